The third-order valence-electron chi connectivity index (χ3n) is 3.08. The highest BCUT2D eigenvalue weighted by molar-refractivity contribution is 5.76. The summed E-state index contributed by atoms with van der Waals surface area (Å²) in [4.78, 5) is 2.46. The summed E-state index contributed by atoms with van der Waals surface area (Å²) in [5.74, 6) is 0.998. The minimum Gasteiger partial charge on any atom is -0.396 e. The quantitative estimate of drug-likeness (QED) is 0.333. The molecule has 0 aromatic heterocycles. The zero-order valence-corrected chi connectivity index (χ0v) is 9.41. The number of aliphatic hydroxyl groups excluding tert-OH is 1. The predicted octanol–water partition coefficient (Wildman–Crippen LogP) is 0.797. The van der Waals surface area contributed by atoms with Gasteiger partial charge in [0.05, 0.1) is 5.84 Å². The Morgan fingerprint density at radius 1 is 1.47 bits per heavy atom. The average Bonchev–Trinajstić information content (AvgIpc) is 2.61. The Morgan fingerprint density at radius 2 is 2.27 bits per heavy atom. The van der Waals surface area contributed by atoms with E-state index < -0.39 is 0 Å². The van der Waals surface area contributed by atoms with Crippen LogP contribution in [0.15, 0.2) is 0 Å². The van der Waals surface area contributed by atoms with E-state index in [1.54, 1.807) is 0 Å². The molecule has 1 atom stereocenters. The number of amidine groups is 1. The van der Waals surface area contributed by atoms with Crippen molar-refractivity contribution in [1.29, 1.82) is 5.41 Å². The first-order valence-corrected chi connectivity index (χ1v) is 5.88. The molecule has 0 saturated carbocycles. The van der Waals surface area contributed by atoms with Gasteiger partial charge in [0.1, 0.15) is 0 Å². The third kappa shape index (κ3) is 5.14. The van der Waals surface area contributed by atoms with Gasteiger partial charge in [-0.1, -0.05) is 0 Å². The Bertz CT molecular complexity index is 196. The summed E-state index contributed by atoms with van der Waals surface area (Å²) in [6.45, 7) is 3.75. The predicted molar refractivity (Wildman–Crippen MR) is 62.0 cm³/mol. The Morgan fingerprint density at radius 3 is 2.93 bits per heavy atom. The van der Waals surface area contributed by atoms with Crippen LogP contribution >= 0.6 is 0 Å². The standard InChI is InChI=1S/C11H23N3O/c12-11(13)3-1-2-6-14-7-4-10(9-14)5-8-15/h10,15H,1-9H2,(H3,12,13). The van der Waals surface area contributed by atoms with Crippen molar-refractivity contribution < 1.29 is 5.11 Å². The second-order valence-corrected chi connectivity index (χ2v) is 4.45. The number of hydrogen-bond acceptors (Lipinski definition) is 3. The molecular formula is C11H23N3O. The molecule has 1 aliphatic rings. The first-order chi connectivity index (χ1) is 7.22. The van der Waals surface area contributed by atoms with E-state index in [-0.39, 0.29) is 0 Å². The summed E-state index contributed by atoms with van der Waals surface area (Å²) in [5, 5.41) is 15.9. The van der Waals surface area contributed by atoms with E-state index in [4.69, 9.17) is 16.2 Å². The Labute approximate surface area is 92.0 Å². The minimum atomic E-state index is 0.301. The van der Waals surface area contributed by atoms with Gasteiger partial charge >= 0.3 is 0 Å². The number of likely N-dealkylation sites (tertiary alicyclic amines) is 1. The van der Waals surface area contributed by atoms with Crippen LogP contribution in [0.1, 0.15) is 32.1 Å². The smallest absolute Gasteiger partial charge is 0.0905 e. The molecule has 0 aliphatic carbocycles. The number of aliphatic hydroxyl groups is 1. The molecule has 1 unspecified atom stereocenters. The number of hydrogen-bond donors (Lipinski definition) is 3. The van der Waals surface area contributed by atoms with Gasteiger partial charge in [0.2, 0.25) is 0 Å². The summed E-state index contributed by atoms with van der Waals surface area (Å²) in [6, 6.07) is 0. The maximum atomic E-state index is 8.83. The number of unbranched alkanes of at least 4 members (excludes halogenated alkanes) is 1. The van der Waals surface area contributed by atoms with E-state index in [9.17, 15) is 0 Å². The van der Waals surface area contributed by atoms with Gasteiger partial charge in [-0.25, -0.2) is 0 Å². The normalized spacial score (nSPS) is 22.1. The number of rotatable bonds is 7. The molecule has 1 rings (SSSR count). The van der Waals surface area contributed by atoms with Crippen LogP contribution in [0.5, 0.6) is 0 Å². The molecule has 1 aliphatic heterocycles. The van der Waals surface area contributed by atoms with E-state index in [0.717, 1.165) is 38.8 Å². The van der Waals surface area contributed by atoms with E-state index >= 15 is 0 Å². The largest absolute Gasteiger partial charge is 0.396 e. The van der Waals surface area contributed by atoms with E-state index in [1.807, 2.05) is 0 Å². The highest BCUT2D eigenvalue weighted by Crippen LogP contribution is 2.19. The zero-order valence-electron chi connectivity index (χ0n) is 9.41. The van der Waals surface area contributed by atoms with Crippen molar-refractivity contribution >= 4 is 5.84 Å². The fourth-order valence-corrected chi connectivity index (χ4v) is 2.19. The van der Waals surface area contributed by atoms with Crippen LogP contribution in [0.2, 0.25) is 0 Å². The maximum Gasteiger partial charge on any atom is 0.0905 e. The highest BCUT2D eigenvalue weighted by atomic mass is 16.3. The van der Waals surface area contributed by atoms with Crippen molar-refractivity contribution in [3.63, 3.8) is 0 Å². The van der Waals surface area contributed by atoms with Crippen molar-refractivity contribution in [2.24, 2.45) is 11.7 Å². The molecule has 4 N–H and O–H groups in total. The van der Waals surface area contributed by atoms with Gasteiger partial charge in [0.15, 0.2) is 0 Å². The van der Waals surface area contributed by atoms with Gasteiger partial charge < -0.3 is 15.7 Å². The van der Waals surface area contributed by atoms with E-state index in [2.05, 4.69) is 4.90 Å². The van der Waals surface area contributed by atoms with Gasteiger partial charge in [-0.05, 0) is 44.7 Å². The number of nitrogens with zero attached hydrogens (tertiary/aromatic N) is 1. The second-order valence-electron chi connectivity index (χ2n) is 4.45. The van der Waals surface area contributed by atoms with Gasteiger partial charge in [-0.2, -0.15) is 0 Å². The summed E-state index contributed by atoms with van der Waals surface area (Å²) in [7, 11) is 0. The Balaban J connectivity index is 2.01. The fraction of sp³-hybridized carbons (Fsp3) is 0.909. The molecule has 4 nitrogen and oxygen atoms in total. The lowest BCUT2D eigenvalue weighted by Gasteiger charge is -2.15. The van der Waals surface area contributed by atoms with Crippen molar-refractivity contribution in [1.82, 2.24) is 4.90 Å². The van der Waals surface area contributed by atoms with Crippen molar-refractivity contribution in [2.45, 2.75) is 32.1 Å². The molecule has 1 fully saturated rings. The van der Waals surface area contributed by atoms with Crippen molar-refractivity contribution in [2.75, 3.05) is 26.2 Å². The molecule has 0 bridgehead atoms. The Kier molecular flexibility index (Phi) is 5.65. The summed E-state index contributed by atoms with van der Waals surface area (Å²) in [6.07, 6.45) is 5.06. The van der Waals surface area contributed by atoms with Gasteiger partial charge in [0, 0.05) is 19.6 Å². The van der Waals surface area contributed by atoms with Gasteiger partial charge in [-0.15, -0.1) is 0 Å². The molecule has 0 aromatic rings. The molecule has 88 valence electrons. The lowest BCUT2D eigenvalue weighted by molar-refractivity contribution is 0.250. The third-order valence-corrected chi connectivity index (χ3v) is 3.08. The molecular weight excluding hydrogens is 190 g/mol. The molecule has 0 amide bonds. The zero-order chi connectivity index (χ0) is 11.1. The highest BCUT2D eigenvalue weighted by Gasteiger charge is 2.20. The van der Waals surface area contributed by atoms with Crippen LogP contribution in [-0.4, -0.2) is 42.1 Å². The molecule has 1 heterocycles. The first-order valence-electron chi connectivity index (χ1n) is 5.88. The fourth-order valence-electron chi connectivity index (χ4n) is 2.19. The molecule has 15 heavy (non-hydrogen) atoms. The summed E-state index contributed by atoms with van der Waals surface area (Å²) in [5.41, 5.74) is 5.29. The van der Waals surface area contributed by atoms with Crippen LogP contribution in [0.3, 0.4) is 0 Å². The summed E-state index contributed by atoms with van der Waals surface area (Å²) >= 11 is 0. The number of nitrogens with one attached hydrogen (secondary N) is 1. The Hall–Kier alpha value is -0.610. The van der Waals surface area contributed by atoms with E-state index in [0.29, 0.717) is 18.4 Å². The lowest BCUT2D eigenvalue weighted by Crippen LogP contribution is -2.22. The van der Waals surface area contributed by atoms with Crippen LogP contribution in [0.25, 0.3) is 0 Å². The maximum absolute atomic E-state index is 8.83. The molecule has 1 saturated heterocycles. The van der Waals surface area contributed by atoms with Gasteiger partial charge in [0.25, 0.3) is 0 Å². The molecule has 0 spiro atoms. The van der Waals surface area contributed by atoms with Crippen LogP contribution in [-0.2, 0) is 0 Å². The average molecular weight is 213 g/mol. The second kappa shape index (κ2) is 6.80. The molecule has 4 heteroatoms. The minimum absolute atomic E-state index is 0.301. The van der Waals surface area contributed by atoms with Crippen molar-refractivity contribution in [3.8, 4) is 0 Å². The van der Waals surface area contributed by atoms with Crippen LogP contribution in [0, 0.1) is 11.3 Å². The van der Waals surface area contributed by atoms with Crippen LogP contribution in [0.4, 0.5) is 0 Å². The number of nitrogens with two attached hydrogens (primary N) is 1. The van der Waals surface area contributed by atoms with Crippen LogP contribution < -0.4 is 5.73 Å². The molecule has 0 radical (unpaired) electrons. The summed E-state index contributed by atoms with van der Waals surface area (Å²) < 4.78 is 0. The molecule has 0 aromatic carbocycles. The first kappa shape index (κ1) is 12.5. The topological polar surface area (TPSA) is 73.3 Å². The SMILES string of the molecule is N=C(N)CCCCN1CCC(CCO)C1. The monoisotopic (exact) mass is 213 g/mol. The lowest BCUT2D eigenvalue weighted by atomic mass is 10.1. The van der Waals surface area contributed by atoms with E-state index in [1.165, 1.54) is 13.0 Å². The van der Waals surface area contributed by atoms with Crippen molar-refractivity contribution in [3.05, 3.63) is 0 Å². The van der Waals surface area contributed by atoms with Gasteiger partial charge in [-0.3, -0.25) is 5.41 Å².